The van der Waals surface area contributed by atoms with Gasteiger partial charge in [0.25, 0.3) is 0 Å². The number of hydrogen-bond acceptors (Lipinski definition) is 4. The number of hydrogen-bond donors (Lipinski definition) is 1. The predicted molar refractivity (Wildman–Crippen MR) is 106 cm³/mol. The minimum absolute atomic E-state index is 0.171. The zero-order valence-corrected chi connectivity index (χ0v) is 16.4. The number of halogens is 1. The number of carbonyl (C=O) groups is 1. The van der Waals surface area contributed by atoms with Crippen molar-refractivity contribution in [2.75, 3.05) is 26.2 Å². The Balaban J connectivity index is 1.48. The molecule has 0 amide bonds. The Labute approximate surface area is 165 Å². The van der Waals surface area contributed by atoms with Crippen LogP contribution >= 0.6 is 0 Å². The first-order valence-corrected chi connectivity index (χ1v) is 9.64. The Morgan fingerprint density at radius 1 is 1.21 bits per heavy atom. The van der Waals surface area contributed by atoms with Crippen LogP contribution in [0.2, 0.25) is 0 Å². The van der Waals surface area contributed by atoms with Crippen LogP contribution in [0.25, 0.3) is 11.3 Å². The fourth-order valence-electron chi connectivity index (χ4n) is 3.47. The van der Waals surface area contributed by atoms with Crippen LogP contribution in [0.15, 0.2) is 42.6 Å². The second kappa shape index (κ2) is 8.69. The Morgan fingerprint density at radius 3 is 2.43 bits per heavy atom. The van der Waals surface area contributed by atoms with Gasteiger partial charge in [0, 0.05) is 18.3 Å². The number of piperidine rings is 1. The molecule has 1 aromatic carbocycles. The molecule has 5 nitrogen and oxygen atoms in total. The second-order valence-corrected chi connectivity index (χ2v) is 8.01. The summed E-state index contributed by atoms with van der Waals surface area (Å²) in [6.07, 6.45) is 3.40. The third-order valence-electron chi connectivity index (χ3n) is 4.95. The van der Waals surface area contributed by atoms with E-state index in [0.717, 1.165) is 42.9 Å². The first kappa shape index (κ1) is 20.3. The van der Waals surface area contributed by atoms with Crippen LogP contribution in [0.4, 0.5) is 4.39 Å². The average molecular weight is 386 g/mol. The number of nitrogens with zero attached hydrogens (tertiary/aromatic N) is 2. The quantitative estimate of drug-likeness (QED) is 0.769. The van der Waals surface area contributed by atoms with Crippen molar-refractivity contribution in [1.82, 2.24) is 9.88 Å². The molecule has 0 radical (unpaired) electrons. The molecule has 0 aliphatic carbocycles. The molecule has 1 fully saturated rings. The molecular weight excluding hydrogens is 359 g/mol. The Hall–Kier alpha value is -2.47. The van der Waals surface area contributed by atoms with E-state index in [9.17, 15) is 9.18 Å². The van der Waals surface area contributed by atoms with E-state index in [1.807, 2.05) is 24.3 Å². The van der Waals surface area contributed by atoms with Gasteiger partial charge in [-0.25, -0.2) is 9.18 Å². The average Bonchev–Trinajstić information content (AvgIpc) is 2.67. The molecule has 1 aliphatic heterocycles. The van der Waals surface area contributed by atoms with Gasteiger partial charge < -0.3 is 14.7 Å². The number of ether oxygens (including phenoxy) is 1. The van der Waals surface area contributed by atoms with Crippen molar-refractivity contribution in [2.45, 2.75) is 32.4 Å². The standard InChI is InChI=1S/C22H27FN2O3/c1-22(2,23)15-25-11-9-16(10-12-25)14-28-19-6-3-17(4-7-19)20-8-5-18(13-24-20)21(26)27/h3-8,13,16H,9-12,14-15H2,1-2H3,(H,26,27). The maximum absolute atomic E-state index is 13.8. The third kappa shape index (κ3) is 5.76. The lowest BCUT2D eigenvalue weighted by Gasteiger charge is -2.34. The van der Waals surface area contributed by atoms with E-state index in [1.54, 1.807) is 26.0 Å². The number of alkyl halides is 1. The molecule has 0 atom stereocenters. The summed E-state index contributed by atoms with van der Waals surface area (Å²) < 4.78 is 19.7. The molecule has 1 aliphatic rings. The number of benzene rings is 1. The highest BCUT2D eigenvalue weighted by Gasteiger charge is 2.25. The number of carboxylic acid groups (broad SMARTS) is 1. The first-order chi connectivity index (χ1) is 13.3. The van der Waals surface area contributed by atoms with E-state index in [2.05, 4.69) is 9.88 Å². The van der Waals surface area contributed by atoms with Gasteiger partial charge in [-0.15, -0.1) is 0 Å². The second-order valence-electron chi connectivity index (χ2n) is 8.01. The largest absolute Gasteiger partial charge is 0.493 e. The van der Waals surface area contributed by atoms with E-state index in [0.29, 0.717) is 19.1 Å². The summed E-state index contributed by atoms with van der Waals surface area (Å²) in [4.78, 5) is 17.3. The fourth-order valence-corrected chi connectivity index (χ4v) is 3.47. The van der Waals surface area contributed by atoms with Gasteiger partial charge in [0.1, 0.15) is 11.4 Å². The van der Waals surface area contributed by atoms with Gasteiger partial charge in [-0.1, -0.05) is 0 Å². The number of pyridine rings is 1. The summed E-state index contributed by atoms with van der Waals surface area (Å²) in [7, 11) is 0. The van der Waals surface area contributed by atoms with Crippen LogP contribution in [0.3, 0.4) is 0 Å². The first-order valence-electron chi connectivity index (χ1n) is 9.64. The monoisotopic (exact) mass is 386 g/mol. The molecule has 6 heteroatoms. The van der Waals surface area contributed by atoms with Crippen molar-refractivity contribution in [1.29, 1.82) is 0 Å². The minimum atomic E-state index is -1.14. The molecule has 2 aromatic rings. The molecule has 0 spiro atoms. The van der Waals surface area contributed by atoms with Crippen molar-refractivity contribution in [3.63, 3.8) is 0 Å². The number of carboxylic acids is 1. The summed E-state index contributed by atoms with van der Waals surface area (Å²) in [6.45, 7) is 6.24. The normalized spacial score (nSPS) is 16.1. The third-order valence-corrected chi connectivity index (χ3v) is 4.95. The molecule has 3 rings (SSSR count). The minimum Gasteiger partial charge on any atom is -0.493 e. The highest BCUT2D eigenvalue weighted by molar-refractivity contribution is 5.87. The lowest BCUT2D eigenvalue weighted by Crippen LogP contribution is -2.41. The summed E-state index contributed by atoms with van der Waals surface area (Å²) in [5.74, 6) is 0.309. The Kier molecular flexibility index (Phi) is 6.29. The molecule has 2 heterocycles. The van der Waals surface area contributed by atoms with Crippen LogP contribution in [0.1, 0.15) is 37.0 Å². The van der Waals surface area contributed by atoms with Gasteiger partial charge in [-0.05, 0) is 82.1 Å². The van der Waals surface area contributed by atoms with Crippen LogP contribution < -0.4 is 4.74 Å². The van der Waals surface area contributed by atoms with Gasteiger partial charge in [0.2, 0.25) is 0 Å². The van der Waals surface area contributed by atoms with Crippen molar-refractivity contribution in [2.24, 2.45) is 5.92 Å². The molecule has 1 saturated heterocycles. The van der Waals surface area contributed by atoms with Gasteiger partial charge in [0.15, 0.2) is 0 Å². The SMILES string of the molecule is CC(C)(F)CN1CCC(COc2ccc(-c3ccc(C(=O)O)cn3)cc2)CC1. The Morgan fingerprint density at radius 2 is 1.89 bits per heavy atom. The molecule has 28 heavy (non-hydrogen) atoms. The molecule has 0 unspecified atom stereocenters. The Bertz CT molecular complexity index is 777. The maximum Gasteiger partial charge on any atom is 0.337 e. The summed E-state index contributed by atoms with van der Waals surface area (Å²) in [5, 5.41) is 8.94. The zero-order chi connectivity index (χ0) is 20.1. The maximum atomic E-state index is 13.8. The van der Waals surface area contributed by atoms with E-state index < -0.39 is 11.6 Å². The van der Waals surface area contributed by atoms with Gasteiger partial charge in [-0.2, -0.15) is 0 Å². The predicted octanol–water partition coefficient (Wildman–Crippen LogP) is 4.29. The summed E-state index contributed by atoms with van der Waals surface area (Å²) in [5.41, 5.74) is 0.657. The molecule has 1 aromatic heterocycles. The zero-order valence-electron chi connectivity index (χ0n) is 16.4. The lowest BCUT2D eigenvalue weighted by molar-refractivity contribution is 0.0696. The van der Waals surface area contributed by atoms with Crippen molar-refractivity contribution < 1.29 is 19.0 Å². The topological polar surface area (TPSA) is 62.7 Å². The fraction of sp³-hybridized carbons (Fsp3) is 0.455. The molecule has 1 N–H and O–H groups in total. The van der Waals surface area contributed by atoms with E-state index in [1.165, 1.54) is 6.20 Å². The molecular formula is C22H27FN2O3. The number of aromatic carboxylic acids is 1. The molecule has 0 bridgehead atoms. The summed E-state index contributed by atoms with van der Waals surface area (Å²) >= 11 is 0. The smallest absolute Gasteiger partial charge is 0.337 e. The van der Waals surface area contributed by atoms with E-state index >= 15 is 0 Å². The van der Waals surface area contributed by atoms with Crippen LogP contribution in [-0.4, -0.2) is 52.9 Å². The van der Waals surface area contributed by atoms with Crippen LogP contribution in [-0.2, 0) is 0 Å². The van der Waals surface area contributed by atoms with Gasteiger partial charge in [0.05, 0.1) is 17.9 Å². The highest BCUT2D eigenvalue weighted by atomic mass is 19.1. The number of rotatable bonds is 7. The lowest BCUT2D eigenvalue weighted by atomic mass is 9.97. The number of aromatic nitrogens is 1. The van der Waals surface area contributed by atoms with E-state index in [4.69, 9.17) is 9.84 Å². The van der Waals surface area contributed by atoms with Gasteiger partial charge in [-0.3, -0.25) is 4.98 Å². The molecule has 0 saturated carbocycles. The van der Waals surface area contributed by atoms with Crippen LogP contribution in [0, 0.1) is 5.92 Å². The van der Waals surface area contributed by atoms with Crippen LogP contribution in [0.5, 0.6) is 5.75 Å². The van der Waals surface area contributed by atoms with E-state index in [-0.39, 0.29) is 5.56 Å². The van der Waals surface area contributed by atoms with Crippen molar-refractivity contribution in [3.05, 3.63) is 48.2 Å². The van der Waals surface area contributed by atoms with Crippen molar-refractivity contribution >= 4 is 5.97 Å². The molecule has 150 valence electrons. The van der Waals surface area contributed by atoms with Crippen molar-refractivity contribution in [3.8, 4) is 17.0 Å². The summed E-state index contributed by atoms with van der Waals surface area (Å²) in [6, 6.07) is 10.9. The highest BCUT2D eigenvalue weighted by Crippen LogP contribution is 2.24. The number of likely N-dealkylation sites (tertiary alicyclic amines) is 1. The van der Waals surface area contributed by atoms with Gasteiger partial charge >= 0.3 is 5.97 Å².